The van der Waals surface area contributed by atoms with E-state index in [0.717, 1.165) is 11.3 Å². The van der Waals surface area contributed by atoms with E-state index in [0.29, 0.717) is 29.2 Å². The van der Waals surface area contributed by atoms with E-state index in [1.165, 1.54) is 6.33 Å². The van der Waals surface area contributed by atoms with Crippen molar-refractivity contribution in [1.82, 2.24) is 25.0 Å². The number of hydrogen-bond acceptors (Lipinski definition) is 6. The van der Waals surface area contributed by atoms with Crippen LogP contribution in [0.4, 0.5) is 0 Å². The van der Waals surface area contributed by atoms with E-state index < -0.39 is 0 Å². The normalized spacial score (nSPS) is 11.0. The first-order chi connectivity index (χ1) is 11.3. The van der Waals surface area contributed by atoms with Crippen molar-refractivity contribution in [3.63, 3.8) is 0 Å². The Balaban J connectivity index is 1.72. The summed E-state index contributed by atoms with van der Waals surface area (Å²) in [7, 11) is 1.65. The third-order valence-electron chi connectivity index (χ3n) is 3.55. The Morgan fingerprint density at radius 3 is 2.74 bits per heavy atom. The Bertz CT molecular complexity index is 929. The Morgan fingerprint density at radius 2 is 2.00 bits per heavy atom. The van der Waals surface area contributed by atoms with Crippen LogP contribution in [0, 0.1) is 0 Å². The molecule has 0 aliphatic heterocycles. The first-order valence-corrected chi connectivity index (χ1v) is 7.06. The maximum atomic E-state index is 5.40. The second-order valence-electron chi connectivity index (χ2n) is 4.97. The van der Waals surface area contributed by atoms with Gasteiger partial charge in [-0.2, -0.15) is 0 Å². The minimum Gasteiger partial charge on any atom is -0.497 e. The van der Waals surface area contributed by atoms with Gasteiger partial charge in [0.1, 0.15) is 17.8 Å². The summed E-state index contributed by atoms with van der Waals surface area (Å²) in [5.74, 6) is 1.47. The highest BCUT2D eigenvalue weighted by Crippen LogP contribution is 2.24. The van der Waals surface area contributed by atoms with Crippen LogP contribution in [0.2, 0.25) is 0 Å². The van der Waals surface area contributed by atoms with Gasteiger partial charge >= 0.3 is 0 Å². The Morgan fingerprint density at radius 1 is 1.13 bits per heavy atom. The summed E-state index contributed by atoms with van der Waals surface area (Å²) in [6.07, 6.45) is 3.10. The largest absolute Gasteiger partial charge is 0.497 e. The molecule has 0 N–H and O–H groups in total. The summed E-state index contributed by atoms with van der Waals surface area (Å²) in [6.45, 7) is 0.565. The number of nitrogens with zero attached hydrogens (tertiary/aromatic N) is 5. The van der Waals surface area contributed by atoms with Crippen LogP contribution < -0.4 is 4.74 Å². The average Bonchev–Trinajstić information content (AvgIpc) is 3.26. The highest BCUT2D eigenvalue weighted by molar-refractivity contribution is 5.84. The lowest BCUT2D eigenvalue weighted by molar-refractivity contribution is 0.414. The molecule has 0 amide bonds. The van der Waals surface area contributed by atoms with Crippen molar-refractivity contribution in [1.29, 1.82) is 0 Å². The summed E-state index contributed by atoms with van der Waals surface area (Å²) in [6, 6.07) is 11.5. The standard InChI is InChI=1S/C16H13N5O2/c1-22-12-6-4-11(5-7-12)9-21-16-15(19-20-21)14(17-10-18-16)13-3-2-8-23-13/h2-8,10H,9H2,1H3. The van der Waals surface area contributed by atoms with Gasteiger partial charge in [-0.3, -0.25) is 0 Å². The lowest BCUT2D eigenvalue weighted by atomic mass is 10.2. The molecule has 0 aliphatic carbocycles. The monoisotopic (exact) mass is 307 g/mol. The number of fused-ring (bicyclic) bond motifs is 1. The third kappa shape index (κ3) is 2.42. The number of benzene rings is 1. The van der Waals surface area contributed by atoms with Crippen molar-refractivity contribution in [3.05, 3.63) is 54.6 Å². The summed E-state index contributed by atoms with van der Waals surface area (Å²) in [5.41, 5.74) is 3.01. The summed E-state index contributed by atoms with van der Waals surface area (Å²) in [4.78, 5) is 8.56. The molecule has 7 heteroatoms. The molecule has 0 unspecified atom stereocenters. The number of hydrogen-bond donors (Lipinski definition) is 0. The first kappa shape index (κ1) is 13.4. The van der Waals surface area contributed by atoms with Gasteiger partial charge in [-0.15, -0.1) is 5.10 Å². The van der Waals surface area contributed by atoms with Crippen LogP contribution in [0.5, 0.6) is 5.75 Å². The van der Waals surface area contributed by atoms with Crippen LogP contribution in [0.1, 0.15) is 5.56 Å². The lowest BCUT2D eigenvalue weighted by Gasteiger charge is -2.04. The van der Waals surface area contributed by atoms with Crippen molar-refractivity contribution in [2.75, 3.05) is 7.11 Å². The molecular weight excluding hydrogens is 294 g/mol. The molecule has 0 radical (unpaired) electrons. The van der Waals surface area contributed by atoms with Crippen LogP contribution in [-0.4, -0.2) is 32.1 Å². The van der Waals surface area contributed by atoms with Crippen molar-refractivity contribution in [3.8, 4) is 17.2 Å². The fourth-order valence-electron chi connectivity index (χ4n) is 2.40. The van der Waals surface area contributed by atoms with Gasteiger partial charge in [0.25, 0.3) is 0 Å². The SMILES string of the molecule is COc1ccc(Cn2nnc3c(-c4ccco4)ncnc32)cc1. The number of methoxy groups -OCH3 is 1. The molecule has 0 bridgehead atoms. The molecule has 114 valence electrons. The second-order valence-corrected chi connectivity index (χ2v) is 4.97. The van der Waals surface area contributed by atoms with Crippen LogP contribution in [0.3, 0.4) is 0 Å². The fraction of sp³-hybridized carbons (Fsp3) is 0.125. The van der Waals surface area contributed by atoms with E-state index in [1.807, 2.05) is 36.4 Å². The molecule has 0 aliphatic rings. The van der Waals surface area contributed by atoms with E-state index in [4.69, 9.17) is 9.15 Å². The summed E-state index contributed by atoms with van der Waals surface area (Å²) >= 11 is 0. The molecule has 23 heavy (non-hydrogen) atoms. The minimum absolute atomic E-state index is 0.565. The minimum atomic E-state index is 0.565. The Kier molecular flexibility index (Phi) is 3.23. The third-order valence-corrected chi connectivity index (χ3v) is 3.55. The molecule has 3 heterocycles. The second kappa shape index (κ2) is 5.53. The van der Waals surface area contributed by atoms with E-state index >= 15 is 0 Å². The quantitative estimate of drug-likeness (QED) is 0.576. The zero-order valence-electron chi connectivity index (χ0n) is 12.4. The van der Waals surface area contributed by atoms with Crippen molar-refractivity contribution >= 4 is 11.2 Å². The maximum absolute atomic E-state index is 5.40. The number of rotatable bonds is 4. The molecule has 1 aromatic carbocycles. The van der Waals surface area contributed by atoms with Crippen LogP contribution >= 0.6 is 0 Å². The van der Waals surface area contributed by atoms with Gasteiger partial charge in [0.2, 0.25) is 0 Å². The molecule has 7 nitrogen and oxygen atoms in total. The molecule has 4 aromatic rings. The molecule has 4 rings (SSSR count). The molecule has 0 spiro atoms. The van der Waals surface area contributed by atoms with Gasteiger partial charge in [0, 0.05) is 0 Å². The van der Waals surface area contributed by atoms with Crippen molar-refractivity contribution in [2.45, 2.75) is 6.54 Å². The molecule has 0 saturated carbocycles. The highest BCUT2D eigenvalue weighted by Gasteiger charge is 2.15. The Labute approximate surface area is 131 Å². The fourth-order valence-corrected chi connectivity index (χ4v) is 2.40. The lowest BCUT2D eigenvalue weighted by Crippen LogP contribution is -2.03. The topological polar surface area (TPSA) is 78.9 Å². The van der Waals surface area contributed by atoms with Gasteiger partial charge in [0.05, 0.1) is 19.9 Å². The molecule has 0 atom stereocenters. The number of furan rings is 1. The van der Waals surface area contributed by atoms with E-state index in [2.05, 4.69) is 20.3 Å². The van der Waals surface area contributed by atoms with Crippen LogP contribution in [0.15, 0.2) is 53.4 Å². The summed E-state index contributed by atoms with van der Waals surface area (Å²) < 4.78 is 12.3. The van der Waals surface area contributed by atoms with Gasteiger partial charge < -0.3 is 9.15 Å². The predicted molar refractivity (Wildman–Crippen MR) is 82.9 cm³/mol. The molecule has 0 fully saturated rings. The molecule has 0 saturated heterocycles. The smallest absolute Gasteiger partial charge is 0.182 e. The van der Waals surface area contributed by atoms with Crippen molar-refractivity contribution in [2.24, 2.45) is 0 Å². The highest BCUT2D eigenvalue weighted by atomic mass is 16.5. The van der Waals surface area contributed by atoms with Crippen LogP contribution in [-0.2, 0) is 6.54 Å². The van der Waals surface area contributed by atoms with Crippen LogP contribution in [0.25, 0.3) is 22.6 Å². The average molecular weight is 307 g/mol. The van der Waals surface area contributed by atoms with Gasteiger partial charge in [-0.05, 0) is 29.8 Å². The zero-order valence-corrected chi connectivity index (χ0v) is 12.4. The summed E-state index contributed by atoms with van der Waals surface area (Å²) in [5, 5.41) is 8.40. The van der Waals surface area contributed by atoms with E-state index in [9.17, 15) is 0 Å². The first-order valence-electron chi connectivity index (χ1n) is 7.06. The number of ether oxygens (including phenoxy) is 1. The molecular formula is C16H13N5O2. The van der Waals surface area contributed by atoms with Gasteiger partial charge in [-0.1, -0.05) is 17.3 Å². The van der Waals surface area contributed by atoms with Gasteiger partial charge in [-0.25, -0.2) is 14.6 Å². The van der Waals surface area contributed by atoms with Crippen molar-refractivity contribution < 1.29 is 9.15 Å². The predicted octanol–water partition coefficient (Wildman–Crippen LogP) is 2.54. The Hall–Kier alpha value is -3.22. The zero-order chi connectivity index (χ0) is 15.6. The van der Waals surface area contributed by atoms with E-state index in [-0.39, 0.29) is 0 Å². The maximum Gasteiger partial charge on any atom is 0.182 e. The van der Waals surface area contributed by atoms with E-state index in [1.54, 1.807) is 18.1 Å². The molecule has 3 aromatic heterocycles. The number of aromatic nitrogens is 5. The van der Waals surface area contributed by atoms with Gasteiger partial charge in [0.15, 0.2) is 16.9 Å².